The predicted molar refractivity (Wildman–Crippen MR) is 78.8 cm³/mol. The molecule has 0 saturated carbocycles. The quantitative estimate of drug-likeness (QED) is 0.481. The molecule has 1 fully saturated rings. The third-order valence-electron chi connectivity index (χ3n) is 2.82. The molecule has 2 aliphatic rings. The number of anilines is 1. The maximum atomic E-state index is 12.0. The van der Waals surface area contributed by atoms with Gasteiger partial charge in [-0.25, -0.2) is 0 Å². The van der Waals surface area contributed by atoms with Crippen LogP contribution >= 0.6 is 28.6 Å². The van der Waals surface area contributed by atoms with E-state index in [1.807, 2.05) is 0 Å². The molecule has 0 aromatic heterocycles. The monoisotopic (exact) mass is 358 g/mol. The first kappa shape index (κ1) is 12.9. The molecule has 2 unspecified atom stereocenters. The molecule has 0 bridgehead atoms. The van der Waals surface area contributed by atoms with Crippen molar-refractivity contribution in [3.8, 4) is 0 Å². The highest BCUT2D eigenvalue weighted by Crippen LogP contribution is 2.38. The lowest BCUT2D eigenvalue weighted by Gasteiger charge is -2.01. The molecule has 2 N–H and O–H groups in total. The highest BCUT2D eigenvalue weighted by molar-refractivity contribution is 9.10. The number of hydrogen-bond acceptors (Lipinski definition) is 4. The maximum Gasteiger partial charge on any atom is 0.262 e. The molecule has 2 amide bonds. The van der Waals surface area contributed by atoms with E-state index in [0.717, 1.165) is 4.47 Å². The number of benzene rings is 1. The van der Waals surface area contributed by atoms with E-state index in [4.69, 9.17) is 0 Å². The van der Waals surface area contributed by atoms with E-state index in [-0.39, 0.29) is 10.5 Å². The van der Waals surface area contributed by atoms with Crippen molar-refractivity contribution in [3.63, 3.8) is 0 Å². The van der Waals surface area contributed by atoms with Gasteiger partial charge in [0.2, 0.25) is 0 Å². The van der Waals surface area contributed by atoms with Crippen LogP contribution in [0.5, 0.6) is 0 Å². The molecule has 2 aliphatic heterocycles. The Balaban J connectivity index is 2.27. The summed E-state index contributed by atoms with van der Waals surface area (Å²) in [6.45, 7) is 0. The second kappa shape index (κ2) is 4.46. The van der Waals surface area contributed by atoms with Crippen molar-refractivity contribution in [2.75, 3.05) is 5.32 Å². The van der Waals surface area contributed by atoms with Gasteiger partial charge in [0.15, 0.2) is 4.71 Å². The van der Waals surface area contributed by atoms with Crippen LogP contribution in [0.3, 0.4) is 0 Å². The number of carbonyl (C=O) groups excluding carboxylic acids is 2. The van der Waals surface area contributed by atoms with Crippen LogP contribution < -0.4 is 10.6 Å². The Labute approximate surface area is 124 Å². The van der Waals surface area contributed by atoms with Gasteiger partial charge in [-0.3, -0.25) is 13.8 Å². The first-order valence-corrected chi connectivity index (χ1v) is 7.76. The van der Waals surface area contributed by atoms with Crippen LogP contribution in [-0.4, -0.2) is 20.7 Å². The number of hydrogen-bond donors (Lipinski definition) is 3. The van der Waals surface area contributed by atoms with E-state index in [0.29, 0.717) is 11.3 Å². The van der Waals surface area contributed by atoms with Gasteiger partial charge in [0, 0.05) is 15.7 Å². The zero-order chi connectivity index (χ0) is 13.7. The minimum Gasteiger partial charge on any atom is -0.329 e. The molecule has 2 heterocycles. The second-order valence-electron chi connectivity index (χ2n) is 3.97. The minimum absolute atomic E-state index is 0.0191. The molecule has 98 valence electrons. The second-order valence-corrected chi connectivity index (χ2v) is 7.23. The molecular weight excluding hydrogens is 352 g/mol. The third-order valence-corrected chi connectivity index (χ3v) is 5.33. The molecule has 19 heavy (non-hydrogen) atoms. The van der Waals surface area contributed by atoms with Gasteiger partial charge in [0.05, 0.1) is 16.4 Å². The fourth-order valence-electron chi connectivity index (χ4n) is 2.01. The normalized spacial score (nSPS) is 29.2. The van der Waals surface area contributed by atoms with Crippen LogP contribution in [0.1, 0.15) is 5.56 Å². The summed E-state index contributed by atoms with van der Waals surface area (Å²) in [6, 6.07) is 5.21. The van der Waals surface area contributed by atoms with Crippen molar-refractivity contribution in [2.45, 2.75) is 4.71 Å². The van der Waals surface area contributed by atoms with Crippen molar-refractivity contribution in [1.82, 2.24) is 5.32 Å². The highest BCUT2D eigenvalue weighted by atomic mass is 79.9. The fraction of sp³-hybridized carbons (Fsp3) is 0.0909. The van der Waals surface area contributed by atoms with Gasteiger partial charge in [0.1, 0.15) is 4.91 Å². The predicted octanol–water partition coefficient (Wildman–Crippen LogP) is 1.20. The Kier molecular flexibility index (Phi) is 3.03. The lowest BCUT2D eigenvalue weighted by molar-refractivity contribution is -0.116. The van der Waals surface area contributed by atoms with E-state index in [2.05, 4.69) is 39.2 Å². The summed E-state index contributed by atoms with van der Waals surface area (Å²) in [5, 5.41) is 5.09. The summed E-state index contributed by atoms with van der Waals surface area (Å²) >= 11 is 7.32. The van der Waals surface area contributed by atoms with Crippen molar-refractivity contribution < 1.29 is 13.8 Å². The topological polar surface area (TPSA) is 75.3 Å². The first-order valence-electron chi connectivity index (χ1n) is 5.24. The van der Waals surface area contributed by atoms with Crippen molar-refractivity contribution >= 4 is 62.4 Å². The number of thiol groups is 1. The third kappa shape index (κ3) is 1.94. The molecular formula is C11H7BrN2O3S2. The van der Waals surface area contributed by atoms with Gasteiger partial charge < -0.3 is 10.6 Å². The maximum absolute atomic E-state index is 12.0. The minimum atomic E-state index is -1.65. The van der Waals surface area contributed by atoms with Crippen LogP contribution in [0.4, 0.5) is 5.69 Å². The first-order chi connectivity index (χ1) is 8.99. The number of carbonyl (C=O) groups is 2. The van der Waals surface area contributed by atoms with E-state index in [1.165, 1.54) is 0 Å². The number of amides is 2. The Bertz CT molecular complexity index is 687. The van der Waals surface area contributed by atoms with Crippen molar-refractivity contribution in [3.05, 3.63) is 33.1 Å². The van der Waals surface area contributed by atoms with Gasteiger partial charge in [-0.2, -0.15) is 0 Å². The molecule has 2 atom stereocenters. The molecule has 1 aromatic carbocycles. The molecule has 0 radical (unpaired) electrons. The van der Waals surface area contributed by atoms with Crippen LogP contribution in [0.2, 0.25) is 0 Å². The van der Waals surface area contributed by atoms with Gasteiger partial charge in [-0.15, -0.1) is 12.6 Å². The van der Waals surface area contributed by atoms with Crippen molar-refractivity contribution in [1.29, 1.82) is 0 Å². The van der Waals surface area contributed by atoms with Crippen molar-refractivity contribution in [2.24, 2.45) is 0 Å². The smallest absolute Gasteiger partial charge is 0.262 e. The van der Waals surface area contributed by atoms with Crippen LogP contribution in [-0.2, 0) is 20.4 Å². The zero-order valence-electron chi connectivity index (χ0n) is 9.27. The summed E-state index contributed by atoms with van der Waals surface area (Å²) < 4.78 is 12.0. The molecule has 1 saturated heterocycles. The Hall–Kier alpha value is -1.12. The number of fused-ring (bicyclic) bond motifs is 1. The summed E-state index contributed by atoms with van der Waals surface area (Å²) in [5.41, 5.74) is 1.33. The van der Waals surface area contributed by atoms with Crippen LogP contribution in [0, 0.1) is 0 Å². The van der Waals surface area contributed by atoms with E-state index >= 15 is 0 Å². The molecule has 5 nitrogen and oxygen atoms in total. The molecule has 8 heteroatoms. The lowest BCUT2D eigenvalue weighted by Crippen LogP contribution is -2.21. The molecule has 3 rings (SSSR count). The van der Waals surface area contributed by atoms with E-state index < -0.39 is 27.3 Å². The number of nitrogens with one attached hydrogen (secondary N) is 2. The molecule has 0 spiro atoms. The average molecular weight is 359 g/mol. The lowest BCUT2D eigenvalue weighted by atomic mass is 10.1. The van der Waals surface area contributed by atoms with Crippen LogP contribution in [0.15, 0.2) is 27.6 Å². The fourth-order valence-corrected chi connectivity index (χ4v) is 3.89. The number of rotatable bonds is 0. The molecule has 0 aliphatic carbocycles. The van der Waals surface area contributed by atoms with Gasteiger partial charge >= 0.3 is 0 Å². The average Bonchev–Trinajstić information content (AvgIpc) is 2.77. The Morgan fingerprint density at radius 3 is 2.63 bits per heavy atom. The molecule has 1 aromatic rings. The summed E-state index contributed by atoms with van der Waals surface area (Å²) in [4.78, 5) is 23.8. The van der Waals surface area contributed by atoms with Gasteiger partial charge in [-0.05, 0) is 18.2 Å². The summed E-state index contributed by atoms with van der Waals surface area (Å²) in [6.07, 6.45) is 0. The number of halogens is 1. The SMILES string of the molecule is O=C1Nc2ccc(Br)cc2/C1=C1\C(=O)NC(S)S1=O. The van der Waals surface area contributed by atoms with Crippen LogP contribution in [0.25, 0.3) is 5.57 Å². The highest BCUT2D eigenvalue weighted by Gasteiger charge is 2.40. The zero-order valence-corrected chi connectivity index (χ0v) is 12.6. The van der Waals surface area contributed by atoms with E-state index in [1.54, 1.807) is 18.2 Å². The Morgan fingerprint density at radius 2 is 2.00 bits per heavy atom. The summed E-state index contributed by atoms with van der Waals surface area (Å²) in [7, 11) is -1.65. The largest absolute Gasteiger partial charge is 0.329 e. The van der Waals surface area contributed by atoms with E-state index in [9.17, 15) is 13.8 Å². The standard InChI is InChI=1S/C11H7BrN2O3S2/c12-4-1-2-6-5(3-4)7(9(15)13-6)8-10(16)14-11(18)19(8)17/h1-3,11,18H,(H,13,15)(H,14,16)/b8-7-. The Morgan fingerprint density at radius 1 is 1.26 bits per heavy atom. The summed E-state index contributed by atoms with van der Waals surface area (Å²) in [5.74, 6) is -0.939. The van der Waals surface area contributed by atoms with Gasteiger partial charge in [0.25, 0.3) is 11.8 Å². The van der Waals surface area contributed by atoms with Gasteiger partial charge in [-0.1, -0.05) is 15.9 Å².